The van der Waals surface area contributed by atoms with Crippen LogP contribution in [0.5, 0.6) is 0 Å². The van der Waals surface area contributed by atoms with Crippen LogP contribution in [0.4, 0.5) is 5.82 Å². The minimum atomic E-state index is 0.173. The molecule has 3 heterocycles. The van der Waals surface area contributed by atoms with Gasteiger partial charge in [-0.3, -0.25) is 0 Å². The molecule has 6 heteroatoms. The van der Waals surface area contributed by atoms with Gasteiger partial charge in [-0.05, 0) is 56.2 Å². The maximum absolute atomic E-state index is 9.56. The molecule has 1 aromatic carbocycles. The van der Waals surface area contributed by atoms with Crippen LogP contribution in [0.2, 0.25) is 5.02 Å². The lowest BCUT2D eigenvalue weighted by Gasteiger charge is -2.37. The molecule has 0 spiro atoms. The summed E-state index contributed by atoms with van der Waals surface area (Å²) in [6.45, 7) is 7.70. The van der Waals surface area contributed by atoms with Crippen LogP contribution in [0.1, 0.15) is 62.4 Å². The Kier molecular flexibility index (Phi) is 6.30. The van der Waals surface area contributed by atoms with Gasteiger partial charge in [0.25, 0.3) is 0 Å². The number of aryl methyl sites for hydroxylation is 1. The second-order valence-electron chi connectivity index (χ2n) is 8.72. The Balaban J connectivity index is 1.80. The Labute approximate surface area is 183 Å². The lowest BCUT2D eigenvalue weighted by molar-refractivity contribution is 0.262. The predicted molar refractivity (Wildman–Crippen MR) is 123 cm³/mol. The monoisotopic (exact) mass is 426 g/mol. The predicted octanol–water partition coefficient (Wildman–Crippen LogP) is 5.22. The van der Waals surface area contributed by atoms with Crippen LogP contribution < -0.4 is 4.90 Å². The highest BCUT2D eigenvalue weighted by atomic mass is 35.5. The number of piperidine rings is 1. The first-order valence-electron chi connectivity index (χ1n) is 11.0. The number of aliphatic hydroxyl groups excluding tert-OH is 1. The van der Waals surface area contributed by atoms with Crippen LogP contribution in [0.3, 0.4) is 0 Å². The van der Waals surface area contributed by atoms with Gasteiger partial charge >= 0.3 is 0 Å². The van der Waals surface area contributed by atoms with E-state index < -0.39 is 0 Å². The molecule has 1 aliphatic heterocycles. The van der Waals surface area contributed by atoms with Crippen molar-refractivity contribution in [2.45, 2.75) is 58.4 Å². The fourth-order valence-corrected chi connectivity index (χ4v) is 4.90. The first kappa shape index (κ1) is 21.1. The average Bonchev–Trinajstić information content (AvgIpc) is 3.12. The number of aromatic nitrogens is 3. The molecule has 0 radical (unpaired) electrons. The SMILES string of the molecule is Cc1cc(N2CCCCC2CCO)n2nc(C(c3ccc(Cl)cc3)C(C)C)cc2n1. The molecule has 4 rings (SSSR count). The van der Waals surface area contributed by atoms with Crippen molar-refractivity contribution in [1.29, 1.82) is 0 Å². The topological polar surface area (TPSA) is 53.7 Å². The molecule has 0 saturated carbocycles. The summed E-state index contributed by atoms with van der Waals surface area (Å²) in [5.41, 5.74) is 4.12. The summed E-state index contributed by atoms with van der Waals surface area (Å²) in [5, 5.41) is 15.4. The normalized spacial score (nSPS) is 18.3. The number of rotatable bonds is 6. The number of benzene rings is 1. The number of halogens is 1. The van der Waals surface area contributed by atoms with E-state index in [1.807, 2.05) is 23.6 Å². The standard InChI is InChI=1S/C24H31ClN4O/c1-16(2)24(18-7-9-19(25)10-8-18)21-15-22-26-17(3)14-23(29(22)27-21)28-12-5-4-6-20(28)11-13-30/h7-10,14-16,20,24,30H,4-6,11-13H2,1-3H3. The summed E-state index contributed by atoms with van der Waals surface area (Å²) < 4.78 is 2.00. The van der Waals surface area contributed by atoms with Crippen LogP contribution >= 0.6 is 11.6 Å². The van der Waals surface area contributed by atoms with Gasteiger partial charge in [0.2, 0.25) is 0 Å². The zero-order chi connectivity index (χ0) is 21.3. The third-order valence-corrected chi connectivity index (χ3v) is 6.41. The van der Waals surface area contributed by atoms with Crippen molar-refractivity contribution in [3.8, 4) is 0 Å². The summed E-state index contributed by atoms with van der Waals surface area (Å²) >= 11 is 6.12. The molecule has 0 aliphatic carbocycles. The summed E-state index contributed by atoms with van der Waals surface area (Å²) in [6.07, 6.45) is 4.27. The van der Waals surface area contributed by atoms with E-state index in [0.29, 0.717) is 12.0 Å². The van der Waals surface area contributed by atoms with Gasteiger partial charge in [0.1, 0.15) is 5.82 Å². The molecule has 5 nitrogen and oxygen atoms in total. The van der Waals surface area contributed by atoms with Crippen LogP contribution in [0, 0.1) is 12.8 Å². The van der Waals surface area contributed by atoms with Gasteiger partial charge in [-0.1, -0.05) is 37.6 Å². The molecule has 1 fully saturated rings. The fraction of sp³-hybridized carbons (Fsp3) is 0.500. The molecular formula is C24H31ClN4O. The molecular weight excluding hydrogens is 396 g/mol. The van der Waals surface area contributed by atoms with E-state index in [2.05, 4.69) is 43.0 Å². The van der Waals surface area contributed by atoms with Gasteiger partial charge in [-0.25, -0.2) is 4.98 Å². The molecule has 3 aromatic rings. The number of hydrogen-bond acceptors (Lipinski definition) is 4. The van der Waals surface area contributed by atoms with E-state index in [1.54, 1.807) is 0 Å². The summed E-state index contributed by atoms with van der Waals surface area (Å²) in [5.74, 6) is 1.64. The van der Waals surface area contributed by atoms with Gasteiger partial charge in [-0.15, -0.1) is 0 Å². The van der Waals surface area contributed by atoms with Crippen molar-refractivity contribution in [3.05, 3.63) is 58.4 Å². The summed E-state index contributed by atoms with van der Waals surface area (Å²) in [7, 11) is 0. The van der Waals surface area contributed by atoms with E-state index in [-0.39, 0.29) is 12.5 Å². The van der Waals surface area contributed by atoms with Crippen molar-refractivity contribution in [2.24, 2.45) is 5.92 Å². The Morgan fingerprint density at radius 3 is 2.63 bits per heavy atom. The van der Waals surface area contributed by atoms with Gasteiger partial charge in [0.15, 0.2) is 5.65 Å². The quantitative estimate of drug-likeness (QED) is 0.587. The second-order valence-corrected chi connectivity index (χ2v) is 9.16. The van der Waals surface area contributed by atoms with Crippen molar-refractivity contribution in [3.63, 3.8) is 0 Å². The number of fused-ring (bicyclic) bond motifs is 1. The van der Waals surface area contributed by atoms with E-state index in [4.69, 9.17) is 21.7 Å². The molecule has 1 N–H and O–H groups in total. The second kappa shape index (κ2) is 8.94. The third kappa shape index (κ3) is 4.19. The van der Waals surface area contributed by atoms with Crippen molar-refractivity contribution >= 4 is 23.1 Å². The maximum atomic E-state index is 9.56. The minimum Gasteiger partial charge on any atom is -0.396 e. The molecule has 1 aliphatic rings. The molecule has 2 aromatic heterocycles. The van der Waals surface area contributed by atoms with E-state index in [9.17, 15) is 5.11 Å². The zero-order valence-corrected chi connectivity index (χ0v) is 18.8. The smallest absolute Gasteiger partial charge is 0.157 e. The van der Waals surface area contributed by atoms with Gasteiger partial charge in [0, 0.05) is 48.0 Å². The van der Waals surface area contributed by atoms with Crippen molar-refractivity contribution in [2.75, 3.05) is 18.1 Å². The zero-order valence-electron chi connectivity index (χ0n) is 18.1. The van der Waals surface area contributed by atoms with Crippen LogP contribution in [-0.4, -0.2) is 38.9 Å². The molecule has 160 valence electrons. The highest BCUT2D eigenvalue weighted by molar-refractivity contribution is 6.30. The highest BCUT2D eigenvalue weighted by Gasteiger charge is 2.27. The van der Waals surface area contributed by atoms with Gasteiger partial charge in [0.05, 0.1) is 5.69 Å². The van der Waals surface area contributed by atoms with Crippen molar-refractivity contribution in [1.82, 2.24) is 14.6 Å². The highest BCUT2D eigenvalue weighted by Crippen LogP contribution is 2.34. The number of hydrogen-bond donors (Lipinski definition) is 1. The largest absolute Gasteiger partial charge is 0.396 e. The molecule has 0 bridgehead atoms. The van der Waals surface area contributed by atoms with E-state index >= 15 is 0 Å². The first-order valence-corrected chi connectivity index (χ1v) is 11.4. The maximum Gasteiger partial charge on any atom is 0.157 e. The number of nitrogens with zero attached hydrogens (tertiary/aromatic N) is 4. The first-order chi connectivity index (χ1) is 14.5. The lowest BCUT2D eigenvalue weighted by Crippen LogP contribution is -2.41. The minimum absolute atomic E-state index is 0.173. The molecule has 2 unspecified atom stereocenters. The average molecular weight is 427 g/mol. The molecule has 0 amide bonds. The summed E-state index contributed by atoms with van der Waals surface area (Å²) in [4.78, 5) is 7.20. The number of aliphatic hydroxyl groups is 1. The molecule has 1 saturated heterocycles. The van der Waals surface area contributed by atoms with Gasteiger partial charge < -0.3 is 10.0 Å². The molecule has 2 atom stereocenters. The third-order valence-electron chi connectivity index (χ3n) is 6.15. The fourth-order valence-electron chi connectivity index (χ4n) is 4.77. The van der Waals surface area contributed by atoms with Crippen molar-refractivity contribution < 1.29 is 5.11 Å². The van der Waals surface area contributed by atoms with Crippen LogP contribution in [0.25, 0.3) is 5.65 Å². The van der Waals surface area contributed by atoms with E-state index in [0.717, 1.165) is 53.7 Å². The summed E-state index contributed by atoms with van der Waals surface area (Å²) in [6, 6.07) is 12.7. The number of anilines is 1. The lowest BCUT2D eigenvalue weighted by atomic mass is 9.86. The Hall–Kier alpha value is -2.11. The Morgan fingerprint density at radius 1 is 1.17 bits per heavy atom. The van der Waals surface area contributed by atoms with Gasteiger partial charge in [-0.2, -0.15) is 9.61 Å². The Bertz CT molecular complexity index is 996. The Morgan fingerprint density at radius 2 is 1.93 bits per heavy atom. The van der Waals surface area contributed by atoms with Crippen LogP contribution in [-0.2, 0) is 0 Å². The molecule has 30 heavy (non-hydrogen) atoms. The van der Waals surface area contributed by atoms with E-state index in [1.165, 1.54) is 12.0 Å². The van der Waals surface area contributed by atoms with Crippen LogP contribution in [0.15, 0.2) is 36.4 Å².